The smallest absolute Gasteiger partial charge is 0.228 e. The highest BCUT2D eigenvalue weighted by Gasteiger charge is 2.33. The number of ether oxygens (including phenoxy) is 1. The van der Waals surface area contributed by atoms with Crippen LogP contribution in [-0.4, -0.2) is 0 Å². The van der Waals surface area contributed by atoms with Gasteiger partial charge >= 0.3 is 0 Å². The first kappa shape index (κ1) is 26.3. The lowest BCUT2D eigenvalue weighted by molar-refractivity contribution is -0.659. The minimum atomic E-state index is -0.443. The molecular formula is C37H39N2O+. The summed E-state index contributed by atoms with van der Waals surface area (Å²) in [5.74, 6) is 2.54. The molecule has 40 heavy (non-hydrogen) atoms. The Morgan fingerprint density at radius 1 is 0.975 bits per heavy atom. The van der Waals surface area contributed by atoms with Crippen molar-refractivity contribution in [3.05, 3.63) is 77.0 Å². The third-order valence-electron chi connectivity index (χ3n) is 8.55. The van der Waals surface area contributed by atoms with Gasteiger partial charge in [-0.25, -0.2) is 4.57 Å². The largest absolute Gasteiger partial charge is 0.455 e. The van der Waals surface area contributed by atoms with Crippen LogP contribution in [0.3, 0.4) is 0 Å². The van der Waals surface area contributed by atoms with Crippen molar-refractivity contribution in [3.63, 3.8) is 0 Å². The van der Waals surface area contributed by atoms with Gasteiger partial charge in [-0.1, -0.05) is 63.6 Å². The molecule has 0 N–H and O–H groups in total. The highest BCUT2D eigenvalue weighted by molar-refractivity contribution is 6.16. The van der Waals surface area contributed by atoms with Crippen LogP contribution in [-0.2, 0) is 26.3 Å². The number of nitriles is 1. The Balaban J connectivity index is 1.70. The molecule has 1 aromatic heterocycles. The van der Waals surface area contributed by atoms with Gasteiger partial charge in [0.1, 0.15) is 18.5 Å². The number of pyridine rings is 1. The van der Waals surface area contributed by atoms with Crippen LogP contribution in [0.5, 0.6) is 11.5 Å². The van der Waals surface area contributed by atoms with Crippen LogP contribution >= 0.6 is 0 Å². The number of benzene rings is 4. The van der Waals surface area contributed by atoms with Crippen molar-refractivity contribution < 1.29 is 9.30 Å². The molecule has 0 atom stereocenters. The first-order chi connectivity index (χ1) is 19.1. The van der Waals surface area contributed by atoms with Crippen LogP contribution in [0.25, 0.3) is 43.6 Å². The number of rotatable bonds is 6. The molecule has 2 heterocycles. The summed E-state index contributed by atoms with van der Waals surface area (Å²) in [4.78, 5) is 0. The molecular weight excluding hydrogens is 488 g/mol. The van der Waals surface area contributed by atoms with Crippen molar-refractivity contribution in [2.45, 2.75) is 67.2 Å². The van der Waals surface area contributed by atoms with Crippen molar-refractivity contribution in [2.75, 3.05) is 0 Å². The molecule has 0 unspecified atom stereocenters. The summed E-state index contributed by atoms with van der Waals surface area (Å²) >= 11 is 0. The monoisotopic (exact) mass is 527 g/mol. The average molecular weight is 528 g/mol. The lowest BCUT2D eigenvalue weighted by Crippen LogP contribution is -2.32. The summed E-state index contributed by atoms with van der Waals surface area (Å²) in [6.45, 7) is 13.1. The van der Waals surface area contributed by atoms with E-state index in [-0.39, 0.29) is 0 Å². The zero-order chi connectivity index (χ0) is 28.3. The Labute approximate surface area is 238 Å². The van der Waals surface area contributed by atoms with Gasteiger partial charge in [-0.3, -0.25) is 0 Å². The third-order valence-corrected chi connectivity index (χ3v) is 8.55. The van der Waals surface area contributed by atoms with Crippen LogP contribution in [0.15, 0.2) is 54.7 Å². The first-order valence-corrected chi connectivity index (χ1v) is 14.7. The van der Waals surface area contributed by atoms with Gasteiger partial charge in [0.25, 0.3) is 0 Å². The summed E-state index contributed by atoms with van der Waals surface area (Å²) in [6, 6.07) is 20.5. The van der Waals surface area contributed by atoms with E-state index in [1.165, 1.54) is 65.8 Å². The van der Waals surface area contributed by atoms with Crippen molar-refractivity contribution in [1.82, 2.24) is 0 Å². The van der Waals surface area contributed by atoms with E-state index in [9.17, 15) is 5.26 Å². The van der Waals surface area contributed by atoms with E-state index in [0.29, 0.717) is 12.3 Å². The third kappa shape index (κ3) is 4.13. The Morgan fingerprint density at radius 2 is 1.77 bits per heavy atom. The van der Waals surface area contributed by atoms with Gasteiger partial charge < -0.3 is 4.74 Å². The first-order valence-electron chi connectivity index (χ1n) is 14.7. The summed E-state index contributed by atoms with van der Waals surface area (Å²) in [5, 5.41) is 17.2. The SMILES string of the molecule is CCCc1c2c(c(C)c3cc(CC(C)C)ccc13)-c1c3c(cc4c(CC(C)(C)C#N)cccc4c3cc[n+]1C)O2. The Morgan fingerprint density at radius 3 is 2.50 bits per heavy atom. The fraction of sp³-hybridized carbons (Fsp3) is 0.351. The maximum absolute atomic E-state index is 9.76. The van der Waals surface area contributed by atoms with E-state index in [0.717, 1.165) is 30.8 Å². The van der Waals surface area contributed by atoms with Gasteiger partial charge in [0.2, 0.25) is 5.69 Å². The highest BCUT2D eigenvalue weighted by atomic mass is 16.5. The molecule has 0 spiro atoms. The average Bonchev–Trinajstić information content (AvgIpc) is 2.92. The van der Waals surface area contributed by atoms with Crippen LogP contribution < -0.4 is 9.30 Å². The van der Waals surface area contributed by atoms with E-state index in [2.05, 4.69) is 100 Å². The molecule has 0 radical (unpaired) electrons. The molecule has 0 saturated heterocycles. The molecule has 3 nitrogen and oxygen atoms in total. The van der Waals surface area contributed by atoms with Gasteiger partial charge in [-0.05, 0) is 90.3 Å². The molecule has 4 aromatic carbocycles. The zero-order valence-corrected chi connectivity index (χ0v) is 24.9. The number of fused-ring (bicyclic) bond motifs is 5. The van der Waals surface area contributed by atoms with Gasteiger partial charge in [0, 0.05) is 17.0 Å². The summed E-state index contributed by atoms with van der Waals surface area (Å²) < 4.78 is 9.29. The van der Waals surface area contributed by atoms with E-state index >= 15 is 0 Å². The molecule has 202 valence electrons. The van der Waals surface area contributed by atoms with Crippen molar-refractivity contribution in [2.24, 2.45) is 18.4 Å². The predicted molar refractivity (Wildman–Crippen MR) is 166 cm³/mol. The molecule has 3 heteroatoms. The second-order valence-electron chi connectivity index (χ2n) is 12.8. The molecule has 1 aliphatic heterocycles. The molecule has 0 bridgehead atoms. The fourth-order valence-electron chi connectivity index (χ4n) is 6.74. The normalized spacial score (nSPS) is 12.7. The van der Waals surface area contributed by atoms with Crippen molar-refractivity contribution in [3.8, 4) is 28.8 Å². The van der Waals surface area contributed by atoms with Gasteiger partial charge in [-0.2, -0.15) is 5.26 Å². The van der Waals surface area contributed by atoms with E-state index in [1.54, 1.807) is 0 Å². The number of aryl methyl sites for hydroxylation is 3. The van der Waals surface area contributed by atoms with Crippen molar-refractivity contribution in [1.29, 1.82) is 5.26 Å². The molecule has 0 amide bonds. The van der Waals surface area contributed by atoms with Gasteiger partial charge in [0.15, 0.2) is 6.20 Å². The van der Waals surface area contributed by atoms with Crippen LogP contribution in [0.4, 0.5) is 0 Å². The molecule has 6 rings (SSSR count). The molecule has 0 saturated carbocycles. The molecule has 0 aliphatic carbocycles. The zero-order valence-electron chi connectivity index (χ0n) is 24.9. The maximum Gasteiger partial charge on any atom is 0.228 e. The standard InChI is InChI=1S/C37H39N2O/c1-8-10-29-27-14-13-24(17-22(2)3)18-30(27)23(4)33-35-34-28(15-16-39(35)7)26-12-9-11-25(20-37(5,6)21-38)31(26)19-32(34)40-36(29)33/h9,11-16,18-19,22H,8,10,17,20H2,1-7H3/q+1. The van der Waals surface area contributed by atoms with Crippen LogP contribution in [0.1, 0.15) is 63.3 Å². The van der Waals surface area contributed by atoms with Crippen LogP contribution in [0.2, 0.25) is 0 Å². The number of hydrogen-bond donors (Lipinski definition) is 0. The van der Waals surface area contributed by atoms with Gasteiger partial charge in [0.05, 0.1) is 22.4 Å². The second kappa shape index (κ2) is 9.63. The highest BCUT2D eigenvalue weighted by Crippen LogP contribution is 2.52. The number of aromatic nitrogens is 1. The minimum absolute atomic E-state index is 0.443. The summed E-state index contributed by atoms with van der Waals surface area (Å²) in [5.41, 5.74) is 7.17. The Hall–Kier alpha value is -3.90. The maximum atomic E-state index is 9.76. The van der Waals surface area contributed by atoms with Gasteiger partial charge in [-0.15, -0.1) is 0 Å². The van der Waals surface area contributed by atoms with Crippen molar-refractivity contribution >= 4 is 32.3 Å². The quantitative estimate of drug-likeness (QED) is 0.160. The van der Waals surface area contributed by atoms with E-state index < -0.39 is 5.41 Å². The molecule has 0 fully saturated rings. The van der Waals surface area contributed by atoms with Crippen LogP contribution in [0, 0.1) is 29.6 Å². The predicted octanol–water partition coefficient (Wildman–Crippen LogP) is 9.30. The molecule has 5 aromatic rings. The molecule has 1 aliphatic rings. The minimum Gasteiger partial charge on any atom is -0.455 e. The topological polar surface area (TPSA) is 36.9 Å². The van der Waals surface area contributed by atoms with E-state index in [4.69, 9.17) is 4.74 Å². The fourth-order valence-corrected chi connectivity index (χ4v) is 6.74. The second-order valence-corrected chi connectivity index (χ2v) is 12.8. The Bertz CT molecular complexity index is 1870. The lowest BCUT2D eigenvalue weighted by atomic mass is 9.83. The van der Waals surface area contributed by atoms with E-state index in [1.807, 2.05) is 13.8 Å². The number of nitrogens with zero attached hydrogens (tertiary/aromatic N) is 2. The summed E-state index contributed by atoms with van der Waals surface area (Å²) in [7, 11) is 2.15. The Kier molecular flexibility index (Phi) is 6.34. The summed E-state index contributed by atoms with van der Waals surface area (Å²) in [6.07, 6.45) is 5.98. The lowest BCUT2D eigenvalue weighted by Gasteiger charge is -2.26. The number of hydrogen-bond acceptors (Lipinski definition) is 2.